The van der Waals surface area contributed by atoms with Crippen molar-refractivity contribution in [1.82, 2.24) is 5.32 Å². The fourth-order valence-electron chi connectivity index (χ4n) is 2.62. The van der Waals surface area contributed by atoms with E-state index in [0.717, 1.165) is 18.7 Å². The van der Waals surface area contributed by atoms with Crippen molar-refractivity contribution >= 4 is 11.6 Å². The highest BCUT2D eigenvalue weighted by Crippen LogP contribution is 2.23. The average Bonchev–Trinajstić information content (AvgIpc) is 2.47. The van der Waals surface area contributed by atoms with Gasteiger partial charge in [0.1, 0.15) is 0 Å². The molecular weight excluding hydrogens is 260 g/mol. The summed E-state index contributed by atoms with van der Waals surface area (Å²) in [6.45, 7) is 10.2. The number of hydrogen-bond acceptors (Lipinski definition) is 2. The molecule has 1 heterocycles. The Hall–Kier alpha value is -1.51. The second-order valence-electron chi connectivity index (χ2n) is 7.08. The Kier molecular flexibility index (Phi) is 4.92. The maximum absolute atomic E-state index is 12.0. The van der Waals surface area contributed by atoms with E-state index in [2.05, 4.69) is 34.5 Å². The van der Waals surface area contributed by atoms with Gasteiger partial charge in [-0.1, -0.05) is 32.9 Å². The summed E-state index contributed by atoms with van der Waals surface area (Å²) in [6.07, 6.45) is 3.93. The molecule has 2 rings (SSSR count). The standard InChI is InChI=1S/C18H28N2O/c1-14(19-17(21)18(2,3)4)15-8-10-16(11-9-15)20-12-6-5-7-13-20/h8-11,14H,5-7,12-13H2,1-4H3,(H,19,21). The van der Waals surface area contributed by atoms with E-state index in [1.807, 2.05) is 27.7 Å². The van der Waals surface area contributed by atoms with Crippen molar-refractivity contribution in [2.75, 3.05) is 18.0 Å². The molecule has 116 valence electrons. The molecule has 1 fully saturated rings. The van der Waals surface area contributed by atoms with Gasteiger partial charge >= 0.3 is 0 Å². The maximum Gasteiger partial charge on any atom is 0.225 e. The zero-order chi connectivity index (χ0) is 15.5. The summed E-state index contributed by atoms with van der Waals surface area (Å²) in [7, 11) is 0. The maximum atomic E-state index is 12.0. The molecule has 1 aliphatic heterocycles. The van der Waals surface area contributed by atoms with E-state index in [1.165, 1.54) is 24.9 Å². The molecule has 1 aromatic carbocycles. The minimum Gasteiger partial charge on any atom is -0.372 e. The van der Waals surface area contributed by atoms with Crippen LogP contribution in [-0.4, -0.2) is 19.0 Å². The van der Waals surface area contributed by atoms with Gasteiger partial charge in [-0.3, -0.25) is 4.79 Å². The summed E-state index contributed by atoms with van der Waals surface area (Å²) in [5.41, 5.74) is 2.11. The molecule has 0 bridgehead atoms. The smallest absolute Gasteiger partial charge is 0.225 e. The molecule has 0 aliphatic carbocycles. The van der Waals surface area contributed by atoms with Crippen molar-refractivity contribution < 1.29 is 4.79 Å². The second kappa shape index (κ2) is 6.50. The largest absolute Gasteiger partial charge is 0.372 e. The molecule has 0 saturated carbocycles. The predicted molar refractivity (Wildman–Crippen MR) is 88.5 cm³/mol. The van der Waals surface area contributed by atoms with Crippen LogP contribution >= 0.6 is 0 Å². The van der Waals surface area contributed by atoms with Crippen molar-refractivity contribution in [3.63, 3.8) is 0 Å². The van der Waals surface area contributed by atoms with E-state index in [9.17, 15) is 4.79 Å². The molecule has 1 saturated heterocycles. The van der Waals surface area contributed by atoms with E-state index < -0.39 is 0 Å². The van der Waals surface area contributed by atoms with Crippen LogP contribution in [-0.2, 0) is 4.79 Å². The van der Waals surface area contributed by atoms with Crippen molar-refractivity contribution in [2.45, 2.75) is 53.0 Å². The lowest BCUT2D eigenvalue weighted by molar-refractivity contribution is -0.129. The van der Waals surface area contributed by atoms with Crippen LogP contribution in [0.25, 0.3) is 0 Å². The Balaban J connectivity index is 1.99. The van der Waals surface area contributed by atoms with Crippen molar-refractivity contribution in [3.8, 4) is 0 Å². The Morgan fingerprint density at radius 3 is 2.19 bits per heavy atom. The highest BCUT2D eigenvalue weighted by molar-refractivity contribution is 5.81. The number of rotatable bonds is 3. The fourth-order valence-corrected chi connectivity index (χ4v) is 2.62. The molecular formula is C18H28N2O. The first-order chi connectivity index (χ1) is 9.88. The van der Waals surface area contributed by atoms with Crippen LogP contribution in [0.2, 0.25) is 0 Å². The Bertz CT molecular complexity index is 467. The van der Waals surface area contributed by atoms with Gasteiger partial charge in [0.15, 0.2) is 0 Å². The third kappa shape index (κ3) is 4.23. The van der Waals surface area contributed by atoms with Gasteiger partial charge in [0.05, 0.1) is 6.04 Å². The first-order valence-corrected chi connectivity index (χ1v) is 8.04. The van der Waals surface area contributed by atoms with E-state index in [0.29, 0.717) is 0 Å². The van der Waals surface area contributed by atoms with E-state index in [-0.39, 0.29) is 17.4 Å². The van der Waals surface area contributed by atoms with Crippen LogP contribution in [0.15, 0.2) is 24.3 Å². The third-order valence-electron chi connectivity index (χ3n) is 4.14. The number of nitrogens with one attached hydrogen (secondary N) is 1. The monoisotopic (exact) mass is 288 g/mol. The van der Waals surface area contributed by atoms with Crippen molar-refractivity contribution in [2.24, 2.45) is 5.41 Å². The first kappa shape index (κ1) is 15.9. The highest BCUT2D eigenvalue weighted by atomic mass is 16.2. The SMILES string of the molecule is CC(NC(=O)C(C)(C)C)c1ccc(N2CCCCC2)cc1. The van der Waals surface area contributed by atoms with Gasteiger partial charge in [-0.05, 0) is 43.9 Å². The van der Waals surface area contributed by atoms with Gasteiger partial charge in [-0.15, -0.1) is 0 Å². The quantitative estimate of drug-likeness (QED) is 0.915. The molecule has 1 aromatic rings. The van der Waals surface area contributed by atoms with Gasteiger partial charge in [-0.25, -0.2) is 0 Å². The van der Waals surface area contributed by atoms with Gasteiger partial charge in [-0.2, -0.15) is 0 Å². The average molecular weight is 288 g/mol. The topological polar surface area (TPSA) is 32.3 Å². The molecule has 1 aliphatic rings. The minimum atomic E-state index is -0.345. The normalized spacial score (nSPS) is 17.4. The number of amides is 1. The number of benzene rings is 1. The summed E-state index contributed by atoms with van der Waals surface area (Å²) >= 11 is 0. The van der Waals surface area contributed by atoms with Crippen LogP contribution in [0, 0.1) is 5.41 Å². The Labute approximate surface area is 128 Å². The summed E-state index contributed by atoms with van der Waals surface area (Å²) in [5, 5.41) is 3.08. The molecule has 21 heavy (non-hydrogen) atoms. The number of piperidine rings is 1. The summed E-state index contributed by atoms with van der Waals surface area (Å²) in [5.74, 6) is 0.0927. The zero-order valence-electron chi connectivity index (χ0n) is 13.8. The lowest BCUT2D eigenvalue weighted by atomic mass is 9.94. The van der Waals surface area contributed by atoms with Gasteiger partial charge < -0.3 is 10.2 Å². The van der Waals surface area contributed by atoms with E-state index >= 15 is 0 Å². The lowest BCUT2D eigenvalue weighted by Gasteiger charge is -2.29. The minimum absolute atomic E-state index is 0.0483. The number of anilines is 1. The first-order valence-electron chi connectivity index (χ1n) is 8.04. The second-order valence-corrected chi connectivity index (χ2v) is 7.08. The molecule has 3 heteroatoms. The molecule has 0 aromatic heterocycles. The van der Waals surface area contributed by atoms with Crippen LogP contribution in [0.5, 0.6) is 0 Å². The third-order valence-corrected chi connectivity index (χ3v) is 4.14. The lowest BCUT2D eigenvalue weighted by Crippen LogP contribution is -2.36. The van der Waals surface area contributed by atoms with Gasteiger partial charge in [0.2, 0.25) is 5.91 Å². The van der Waals surface area contributed by atoms with Crippen LogP contribution in [0.3, 0.4) is 0 Å². The van der Waals surface area contributed by atoms with E-state index in [1.54, 1.807) is 0 Å². The number of carbonyl (C=O) groups is 1. The molecule has 1 unspecified atom stereocenters. The fraction of sp³-hybridized carbons (Fsp3) is 0.611. The van der Waals surface area contributed by atoms with Crippen LogP contribution < -0.4 is 10.2 Å². The Morgan fingerprint density at radius 1 is 1.10 bits per heavy atom. The molecule has 3 nitrogen and oxygen atoms in total. The molecule has 1 amide bonds. The van der Waals surface area contributed by atoms with Crippen LogP contribution in [0.1, 0.15) is 58.6 Å². The number of carbonyl (C=O) groups excluding carboxylic acids is 1. The summed E-state index contributed by atoms with van der Waals surface area (Å²) in [4.78, 5) is 14.5. The molecule has 1 N–H and O–H groups in total. The zero-order valence-corrected chi connectivity index (χ0v) is 13.8. The Morgan fingerprint density at radius 2 is 1.67 bits per heavy atom. The van der Waals surface area contributed by atoms with Crippen LogP contribution in [0.4, 0.5) is 5.69 Å². The van der Waals surface area contributed by atoms with E-state index in [4.69, 9.17) is 0 Å². The van der Waals surface area contributed by atoms with Crippen molar-refractivity contribution in [1.29, 1.82) is 0 Å². The summed E-state index contributed by atoms with van der Waals surface area (Å²) in [6, 6.07) is 8.68. The molecule has 1 atom stereocenters. The molecule has 0 spiro atoms. The summed E-state index contributed by atoms with van der Waals surface area (Å²) < 4.78 is 0. The molecule has 0 radical (unpaired) electrons. The number of nitrogens with zero attached hydrogens (tertiary/aromatic N) is 1. The predicted octanol–water partition coefficient (Wildman–Crippen LogP) is 3.90. The van der Waals surface area contributed by atoms with Gasteiger partial charge in [0.25, 0.3) is 0 Å². The highest BCUT2D eigenvalue weighted by Gasteiger charge is 2.23. The van der Waals surface area contributed by atoms with Crippen molar-refractivity contribution in [3.05, 3.63) is 29.8 Å². The van der Waals surface area contributed by atoms with Gasteiger partial charge in [0, 0.05) is 24.2 Å². The number of hydrogen-bond donors (Lipinski definition) is 1.